The van der Waals surface area contributed by atoms with E-state index in [1.165, 1.54) is 94.6 Å². The lowest BCUT2D eigenvalue weighted by atomic mass is 9.77. The van der Waals surface area contributed by atoms with Crippen LogP contribution in [0.1, 0.15) is 100 Å². The summed E-state index contributed by atoms with van der Waals surface area (Å²) >= 11 is 4.67. The summed E-state index contributed by atoms with van der Waals surface area (Å²) in [6.07, 6.45) is 17.4. The molecule has 2 aromatic rings. The monoisotopic (exact) mass is 433 g/mol. The highest BCUT2D eigenvalue weighted by atomic mass is 32.1. The second kappa shape index (κ2) is 13.6. The molecule has 2 heteroatoms. The summed E-state index contributed by atoms with van der Waals surface area (Å²) in [4.78, 5) is 4.03. The van der Waals surface area contributed by atoms with Gasteiger partial charge in [-0.05, 0) is 104 Å². The second-order valence-electron chi connectivity index (χ2n) is 9.39. The summed E-state index contributed by atoms with van der Waals surface area (Å²) in [5.74, 6) is 1.65. The van der Waals surface area contributed by atoms with E-state index in [1.807, 2.05) is 12.1 Å². The number of unbranched alkanes of at least 4 members (excludes halogenated alkanes) is 5. The highest BCUT2D eigenvalue weighted by molar-refractivity contribution is 7.78. The molecule has 0 amide bonds. The fourth-order valence-corrected chi connectivity index (χ4v) is 5.12. The fourth-order valence-electron chi connectivity index (χ4n) is 5.01. The minimum atomic E-state index is 0.770. The van der Waals surface area contributed by atoms with Crippen LogP contribution >= 0.6 is 12.2 Å². The minimum absolute atomic E-state index is 0.770. The molecule has 1 fully saturated rings. The van der Waals surface area contributed by atoms with Gasteiger partial charge in [0, 0.05) is 0 Å². The molecule has 1 nitrogen and oxygen atoms in total. The van der Waals surface area contributed by atoms with Gasteiger partial charge in [0.25, 0.3) is 0 Å². The summed E-state index contributed by atoms with van der Waals surface area (Å²) in [7, 11) is 0. The lowest BCUT2D eigenvalue weighted by Gasteiger charge is -2.29. The molecule has 0 N–H and O–H groups in total. The Morgan fingerprint density at radius 1 is 0.774 bits per heavy atom. The van der Waals surface area contributed by atoms with E-state index in [-0.39, 0.29) is 0 Å². The van der Waals surface area contributed by atoms with Crippen molar-refractivity contribution in [2.75, 3.05) is 0 Å². The molecule has 31 heavy (non-hydrogen) atoms. The van der Waals surface area contributed by atoms with Crippen molar-refractivity contribution in [2.45, 2.75) is 96.3 Å². The van der Waals surface area contributed by atoms with Gasteiger partial charge in [0.2, 0.25) is 0 Å². The number of aliphatic imine (C=N–C) groups is 1. The molecule has 0 heterocycles. The Labute approximate surface area is 195 Å². The largest absolute Gasteiger partial charge is 0.195 e. The maximum absolute atomic E-state index is 4.67. The van der Waals surface area contributed by atoms with E-state index in [4.69, 9.17) is 0 Å². The van der Waals surface area contributed by atoms with Gasteiger partial charge in [0.05, 0.1) is 10.8 Å². The number of hydrogen-bond acceptors (Lipinski definition) is 2. The third-order valence-electron chi connectivity index (χ3n) is 7.07. The molecule has 0 radical (unpaired) electrons. The molecule has 3 rings (SSSR count). The van der Waals surface area contributed by atoms with E-state index >= 15 is 0 Å². The van der Waals surface area contributed by atoms with Gasteiger partial charge < -0.3 is 0 Å². The first kappa shape index (κ1) is 23.9. The molecule has 0 saturated heterocycles. The molecule has 1 aliphatic carbocycles. The zero-order valence-electron chi connectivity index (χ0n) is 19.3. The predicted octanol–water partition coefficient (Wildman–Crippen LogP) is 9.23. The Bertz CT molecular complexity index is 794. The Morgan fingerprint density at radius 2 is 1.39 bits per heavy atom. The lowest BCUT2D eigenvalue weighted by molar-refractivity contribution is 0.310. The van der Waals surface area contributed by atoms with Crippen molar-refractivity contribution in [2.24, 2.45) is 10.9 Å². The number of benzene rings is 2. The van der Waals surface area contributed by atoms with Crippen LogP contribution in [-0.2, 0) is 12.8 Å². The van der Waals surface area contributed by atoms with Gasteiger partial charge in [-0.15, -0.1) is 0 Å². The standard InChI is InChI=1S/C29H39NS/c1-2-3-4-5-6-7-8-24-11-17-27(18-12-24)28-19-13-25(14-20-28)9-10-26-15-21-29(22-16-26)30-23-31/h11-12,15-18,21-22,25,28H,2-10,13-14,19-20H2,1H3/t25-,28-. The first-order valence-electron chi connectivity index (χ1n) is 12.5. The number of rotatable bonds is 12. The molecular formula is C29H39NS. The number of nitrogens with zero attached hydrogens (tertiary/aromatic N) is 1. The van der Waals surface area contributed by atoms with Crippen molar-refractivity contribution < 1.29 is 0 Å². The van der Waals surface area contributed by atoms with E-state index in [9.17, 15) is 0 Å². The molecular weight excluding hydrogens is 394 g/mol. The van der Waals surface area contributed by atoms with E-state index in [0.717, 1.165) is 17.5 Å². The van der Waals surface area contributed by atoms with Crippen LogP contribution in [0.25, 0.3) is 0 Å². The summed E-state index contributed by atoms with van der Waals surface area (Å²) in [5.41, 5.74) is 5.40. The molecule has 1 saturated carbocycles. The van der Waals surface area contributed by atoms with E-state index in [2.05, 4.69) is 65.7 Å². The highest BCUT2D eigenvalue weighted by Gasteiger charge is 2.22. The van der Waals surface area contributed by atoms with Crippen LogP contribution < -0.4 is 0 Å². The molecule has 2 aromatic carbocycles. The smallest absolute Gasteiger partial charge is 0.0739 e. The van der Waals surface area contributed by atoms with Crippen LogP contribution in [-0.4, -0.2) is 5.16 Å². The van der Waals surface area contributed by atoms with Crippen molar-refractivity contribution in [3.05, 3.63) is 65.2 Å². The third kappa shape index (κ3) is 8.36. The van der Waals surface area contributed by atoms with Crippen LogP contribution in [0, 0.1) is 5.92 Å². The quantitative estimate of drug-likeness (QED) is 0.184. The summed E-state index contributed by atoms with van der Waals surface area (Å²) in [6.45, 7) is 2.29. The average Bonchev–Trinajstić information content (AvgIpc) is 2.82. The maximum Gasteiger partial charge on any atom is 0.0739 e. The number of aryl methyl sites for hydroxylation is 2. The Morgan fingerprint density at radius 3 is 2.06 bits per heavy atom. The van der Waals surface area contributed by atoms with Crippen LogP contribution in [0.15, 0.2) is 53.5 Å². The van der Waals surface area contributed by atoms with Crippen LogP contribution in [0.2, 0.25) is 0 Å². The molecule has 0 atom stereocenters. The van der Waals surface area contributed by atoms with E-state index in [0.29, 0.717) is 0 Å². The summed E-state index contributed by atoms with van der Waals surface area (Å²) < 4.78 is 0. The van der Waals surface area contributed by atoms with Crippen LogP contribution in [0.3, 0.4) is 0 Å². The fraction of sp³-hybridized carbons (Fsp3) is 0.552. The first-order chi connectivity index (χ1) is 15.3. The van der Waals surface area contributed by atoms with E-state index < -0.39 is 0 Å². The van der Waals surface area contributed by atoms with Gasteiger partial charge in [-0.1, -0.05) is 75.4 Å². The third-order valence-corrected chi connectivity index (χ3v) is 7.16. The average molecular weight is 434 g/mol. The molecule has 0 aromatic heterocycles. The Kier molecular flexibility index (Phi) is 10.5. The van der Waals surface area contributed by atoms with E-state index in [1.54, 1.807) is 5.56 Å². The van der Waals surface area contributed by atoms with Gasteiger partial charge in [0.1, 0.15) is 0 Å². The molecule has 166 valence electrons. The van der Waals surface area contributed by atoms with Crippen molar-refractivity contribution in [3.63, 3.8) is 0 Å². The van der Waals surface area contributed by atoms with Crippen molar-refractivity contribution in [3.8, 4) is 0 Å². The maximum atomic E-state index is 4.67. The van der Waals surface area contributed by atoms with Gasteiger partial charge in [-0.25, -0.2) is 0 Å². The second-order valence-corrected chi connectivity index (χ2v) is 9.57. The highest BCUT2D eigenvalue weighted by Crippen LogP contribution is 2.37. The van der Waals surface area contributed by atoms with Gasteiger partial charge >= 0.3 is 0 Å². The zero-order chi connectivity index (χ0) is 21.7. The van der Waals surface area contributed by atoms with Crippen molar-refractivity contribution in [1.82, 2.24) is 0 Å². The topological polar surface area (TPSA) is 12.4 Å². The number of hydrogen-bond donors (Lipinski definition) is 0. The SMILES string of the molecule is CCCCCCCCc1ccc([C@H]2CC[C@H](CCc3ccc(N=C=S)cc3)CC2)cc1. The predicted molar refractivity (Wildman–Crippen MR) is 138 cm³/mol. The van der Waals surface area contributed by atoms with Crippen LogP contribution in [0.4, 0.5) is 5.69 Å². The zero-order valence-corrected chi connectivity index (χ0v) is 20.1. The Hall–Kier alpha value is -1.76. The minimum Gasteiger partial charge on any atom is -0.195 e. The molecule has 1 aliphatic rings. The van der Waals surface area contributed by atoms with Gasteiger partial charge in [0.15, 0.2) is 0 Å². The van der Waals surface area contributed by atoms with Crippen molar-refractivity contribution in [1.29, 1.82) is 0 Å². The van der Waals surface area contributed by atoms with Crippen LogP contribution in [0.5, 0.6) is 0 Å². The molecule has 0 unspecified atom stereocenters. The number of thiocarbonyl (C=S) groups is 1. The van der Waals surface area contributed by atoms with Crippen molar-refractivity contribution >= 4 is 23.1 Å². The molecule has 0 aliphatic heterocycles. The summed E-state index contributed by atoms with van der Waals surface area (Å²) in [5, 5.41) is 2.43. The first-order valence-corrected chi connectivity index (χ1v) is 12.9. The van der Waals surface area contributed by atoms with Gasteiger partial charge in [-0.3, -0.25) is 0 Å². The number of isothiocyanates is 1. The Balaban J connectivity index is 1.35. The summed E-state index contributed by atoms with van der Waals surface area (Å²) in [6, 6.07) is 18.1. The normalized spacial score (nSPS) is 18.5. The van der Waals surface area contributed by atoms with Gasteiger partial charge in [-0.2, -0.15) is 4.99 Å². The molecule has 0 bridgehead atoms. The lowest BCUT2D eigenvalue weighted by Crippen LogP contribution is -2.14. The molecule has 0 spiro atoms.